The molecule has 1 fully saturated rings. The SMILES string of the molecule is CCCOc1cccc(C2/C(=C(/O)c3ccc4c(c3)CC(C)O4)C(=O)C(=O)N2c2nnc(SCc3ccccc3F)s2)c1. The van der Waals surface area contributed by atoms with Crippen molar-refractivity contribution in [1.29, 1.82) is 0 Å². The van der Waals surface area contributed by atoms with E-state index in [-0.39, 0.29) is 28.4 Å². The Hall–Kier alpha value is -4.22. The van der Waals surface area contributed by atoms with Crippen molar-refractivity contribution in [1.82, 2.24) is 10.2 Å². The average Bonchev–Trinajstić information content (AvgIpc) is 3.70. The van der Waals surface area contributed by atoms with Crippen LogP contribution in [0.25, 0.3) is 5.76 Å². The van der Waals surface area contributed by atoms with Crippen LogP contribution in [0, 0.1) is 5.82 Å². The fourth-order valence-electron chi connectivity index (χ4n) is 5.18. The molecule has 2 unspecified atom stereocenters. The number of rotatable bonds is 9. The van der Waals surface area contributed by atoms with Crippen LogP contribution >= 0.6 is 23.1 Å². The third-order valence-electron chi connectivity index (χ3n) is 7.17. The number of amides is 1. The van der Waals surface area contributed by atoms with Gasteiger partial charge in [-0.2, -0.15) is 0 Å². The topological polar surface area (TPSA) is 102 Å². The molecular weight excluding hydrogens is 590 g/mol. The van der Waals surface area contributed by atoms with Crippen molar-refractivity contribution in [3.8, 4) is 11.5 Å². The molecule has 3 aromatic carbocycles. The van der Waals surface area contributed by atoms with E-state index in [9.17, 15) is 19.1 Å². The molecule has 2 aliphatic heterocycles. The van der Waals surface area contributed by atoms with Gasteiger partial charge in [0.15, 0.2) is 4.34 Å². The van der Waals surface area contributed by atoms with Crippen LogP contribution in [-0.4, -0.2) is 39.7 Å². The van der Waals surface area contributed by atoms with Crippen LogP contribution in [-0.2, 0) is 21.8 Å². The number of aromatic nitrogens is 2. The molecule has 11 heteroatoms. The Balaban J connectivity index is 1.40. The molecule has 2 atom stereocenters. The molecule has 0 spiro atoms. The molecule has 4 aromatic rings. The number of nitrogens with zero attached hydrogens (tertiary/aromatic N) is 3. The molecular formula is C32H28FN3O5S2. The zero-order valence-electron chi connectivity index (χ0n) is 23.5. The zero-order valence-corrected chi connectivity index (χ0v) is 25.1. The number of aliphatic hydroxyl groups excluding tert-OH is 1. The number of halogens is 1. The molecule has 1 amide bonds. The van der Waals surface area contributed by atoms with Crippen molar-refractivity contribution in [2.24, 2.45) is 0 Å². The Kier molecular flexibility index (Phi) is 8.18. The van der Waals surface area contributed by atoms with Crippen molar-refractivity contribution < 1.29 is 28.6 Å². The number of ether oxygens (including phenoxy) is 2. The van der Waals surface area contributed by atoms with E-state index >= 15 is 0 Å². The van der Waals surface area contributed by atoms with Crippen LogP contribution in [0.15, 0.2) is 76.6 Å². The molecule has 6 rings (SSSR count). The minimum absolute atomic E-state index is 0.00619. The second-order valence-electron chi connectivity index (χ2n) is 10.3. The maximum Gasteiger partial charge on any atom is 0.301 e. The van der Waals surface area contributed by atoms with Gasteiger partial charge in [0.25, 0.3) is 5.78 Å². The standard InChI is InChI=1S/C32H28FN3O5S2/c1-3-13-40-23-9-6-8-19(16-23)27-26(28(37)20-11-12-25-22(15-20)14-18(2)41-25)29(38)30(39)36(27)31-34-35-32(43-31)42-17-21-7-4-5-10-24(21)33/h4-12,15-16,18,27,37H,3,13-14,17H2,1-2H3/b28-26-. The summed E-state index contributed by atoms with van der Waals surface area (Å²) >= 11 is 2.40. The van der Waals surface area contributed by atoms with Gasteiger partial charge in [-0.15, -0.1) is 10.2 Å². The first-order valence-corrected chi connectivity index (χ1v) is 15.7. The summed E-state index contributed by atoms with van der Waals surface area (Å²) in [5.41, 5.74) is 2.36. The second-order valence-corrected chi connectivity index (χ2v) is 12.5. The van der Waals surface area contributed by atoms with E-state index in [4.69, 9.17) is 9.47 Å². The van der Waals surface area contributed by atoms with Gasteiger partial charge < -0.3 is 14.6 Å². The lowest BCUT2D eigenvalue weighted by Gasteiger charge is -2.23. The smallest absolute Gasteiger partial charge is 0.301 e. The molecule has 1 N–H and O–H groups in total. The highest BCUT2D eigenvalue weighted by Crippen LogP contribution is 2.45. The largest absolute Gasteiger partial charge is 0.507 e. The number of carbonyl (C=O) groups is 2. The van der Waals surface area contributed by atoms with Crippen molar-refractivity contribution in [2.45, 2.75) is 48.9 Å². The number of hydrogen-bond donors (Lipinski definition) is 1. The summed E-state index contributed by atoms with van der Waals surface area (Å²) in [7, 11) is 0. The van der Waals surface area contributed by atoms with Crippen molar-refractivity contribution in [2.75, 3.05) is 11.5 Å². The van der Waals surface area contributed by atoms with Crippen LogP contribution in [0.1, 0.15) is 48.6 Å². The van der Waals surface area contributed by atoms with E-state index < -0.39 is 17.7 Å². The number of hydrogen-bond acceptors (Lipinski definition) is 9. The van der Waals surface area contributed by atoms with E-state index in [2.05, 4.69) is 10.2 Å². The summed E-state index contributed by atoms with van der Waals surface area (Å²) in [4.78, 5) is 28.5. The Labute approximate surface area is 256 Å². The minimum Gasteiger partial charge on any atom is -0.507 e. The third-order valence-corrected chi connectivity index (χ3v) is 9.28. The van der Waals surface area contributed by atoms with E-state index in [1.807, 2.05) is 13.8 Å². The van der Waals surface area contributed by atoms with Crippen LogP contribution in [0.2, 0.25) is 0 Å². The lowest BCUT2D eigenvalue weighted by Crippen LogP contribution is -2.29. The Bertz CT molecular complexity index is 1740. The van der Waals surface area contributed by atoms with Crippen molar-refractivity contribution in [3.63, 3.8) is 0 Å². The molecule has 0 aliphatic carbocycles. The summed E-state index contributed by atoms with van der Waals surface area (Å²) in [5.74, 6) is -0.631. The number of ketones is 1. The molecule has 0 bridgehead atoms. The predicted octanol–water partition coefficient (Wildman–Crippen LogP) is 6.71. The maximum atomic E-state index is 14.2. The van der Waals surface area contributed by atoms with Crippen LogP contribution < -0.4 is 14.4 Å². The average molecular weight is 618 g/mol. The van der Waals surface area contributed by atoms with E-state index in [0.29, 0.717) is 45.6 Å². The van der Waals surface area contributed by atoms with Gasteiger partial charge in [-0.1, -0.05) is 60.4 Å². The van der Waals surface area contributed by atoms with Gasteiger partial charge >= 0.3 is 5.91 Å². The fraction of sp³-hybridized carbons (Fsp3) is 0.250. The van der Waals surface area contributed by atoms with Crippen LogP contribution in [0.3, 0.4) is 0 Å². The lowest BCUT2D eigenvalue weighted by atomic mass is 9.94. The molecule has 0 radical (unpaired) electrons. The highest BCUT2D eigenvalue weighted by atomic mass is 32.2. The zero-order chi connectivity index (χ0) is 30.1. The molecule has 2 aliphatic rings. The first kappa shape index (κ1) is 28.9. The number of thioether (sulfide) groups is 1. The van der Waals surface area contributed by atoms with Gasteiger partial charge in [0, 0.05) is 17.7 Å². The highest BCUT2D eigenvalue weighted by molar-refractivity contribution is 8.00. The summed E-state index contributed by atoms with van der Waals surface area (Å²) < 4.78 is 26.3. The van der Waals surface area contributed by atoms with Crippen LogP contribution in [0.5, 0.6) is 11.5 Å². The Morgan fingerprint density at radius 2 is 1.98 bits per heavy atom. The first-order valence-electron chi connectivity index (χ1n) is 13.9. The number of Topliss-reactive ketones (excluding diaryl/α,β-unsaturated/α-hetero) is 1. The first-order chi connectivity index (χ1) is 20.8. The summed E-state index contributed by atoms with van der Waals surface area (Å²) in [6.07, 6.45) is 1.48. The van der Waals surface area contributed by atoms with Gasteiger partial charge in [-0.25, -0.2) is 4.39 Å². The van der Waals surface area contributed by atoms with E-state index in [1.165, 1.54) is 22.7 Å². The second kappa shape index (κ2) is 12.2. The van der Waals surface area contributed by atoms with E-state index in [1.54, 1.807) is 60.7 Å². The summed E-state index contributed by atoms with van der Waals surface area (Å²) in [6, 6.07) is 17.9. The monoisotopic (exact) mass is 617 g/mol. The number of aliphatic hydroxyl groups is 1. The Morgan fingerprint density at radius 3 is 2.79 bits per heavy atom. The summed E-state index contributed by atoms with van der Waals surface area (Å²) in [5, 5.41) is 20.2. The van der Waals surface area contributed by atoms with Crippen molar-refractivity contribution in [3.05, 3.63) is 100 Å². The fourth-order valence-corrected chi connectivity index (χ4v) is 7.03. The molecule has 1 saturated heterocycles. The third kappa shape index (κ3) is 5.74. The molecule has 8 nitrogen and oxygen atoms in total. The maximum absolute atomic E-state index is 14.2. The molecule has 220 valence electrons. The molecule has 43 heavy (non-hydrogen) atoms. The van der Waals surface area contributed by atoms with Crippen LogP contribution in [0.4, 0.5) is 9.52 Å². The highest BCUT2D eigenvalue weighted by Gasteiger charge is 2.48. The quantitative estimate of drug-likeness (QED) is 0.0727. The van der Waals surface area contributed by atoms with Gasteiger partial charge in [0.1, 0.15) is 29.2 Å². The van der Waals surface area contributed by atoms with Gasteiger partial charge in [-0.05, 0) is 66.4 Å². The summed E-state index contributed by atoms with van der Waals surface area (Å²) in [6.45, 7) is 4.46. The normalized spacial score (nSPS) is 19.0. The minimum atomic E-state index is -0.981. The number of benzene rings is 3. The lowest BCUT2D eigenvalue weighted by molar-refractivity contribution is -0.132. The number of fused-ring (bicyclic) bond motifs is 1. The van der Waals surface area contributed by atoms with Gasteiger partial charge in [0.2, 0.25) is 5.13 Å². The van der Waals surface area contributed by atoms with Crippen molar-refractivity contribution >= 4 is 45.7 Å². The molecule has 0 saturated carbocycles. The number of carbonyl (C=O) groups excluding carboxylic acids is 2. The van der Waals surface area contributed by atoms with E-state index in [0.717, 1.165) is 29.1 Å². The predicted molar refractivity (Wildman–Crippen MR) is 163 cm³/mol. The van der Waals surface area contributed by atoms with Gasteiger partial charge in [-0.3, -0.25) is 14.5 Å². The van der Waals surface area contributed by atoms with Gasteiger partial charge in [0.05, 0.1) is 18.2 Å². The molecule has 3 heterocycles. The Morgan fingerprint density at radius 1 is 1.14 bits per heavy atom. The molecule has 1 aromatic heterocycles. The number of anilines is 1.